The Balaban J connectivity index is 2.72. The van der Waals surface area contributed by atoms with Gasteiger partial charge in [-0.25, -0.2) is 0 Å². The highest BCUT2D eigenvalue weighted by molar-refractivity contribution is 5.23. The fraction of sp³-hybridized carbons (Fsp3) is 0.312. The predicted octanol–water partition coefficient (Wildman–Crippen LogP) is 3.80. The molecule has 0 spiro atoms. The van der Waals surface area contributed by atoms with Crippen LogP contribution in [0.15, 0.2) is 61.1 Å². The van der Waals surface area contributed by atoms with Gasteiger partial charge in [0.2, 0.25) is 0 Å². The molecule has 1 rings (SSSR count). The van der Waals surface area contributed by atoms with Gasteiger partial charge in [-0.3, -0.25) is 4.98 Å². The highest BCUT2D eigenvalue weighted by Gasteiger charge is 2.01. The van der Waals surface area contributed by atoms with Crippen LogP contribution in [0.25, 0.3) is 0 Å². The monoisotopic (exact) mass is 242 g/mol. The van der Waals surface area contributed by atoms with E-state index in [0.717, 1.165) is 6.54 Å². The van der Waals surface area contributed by atoms with Crippen molar-refractivity contribution >= 4 is 0 Å². The molecule has 0 unspecified atom stereocenters. The van der Waals surface area contributed by atoms with E-state index in [4.69, 9.17) is 0 Å². The largest absolute Gasteiger partial charge is 0.376 e. The third-order valence-electron chi connectivity index (χ3n) is 2.64. The zero-order valence-electron chi connectivity index (χ0n) is 11.5. The Kier molecular flexibility index (Phi) is 5.92. The van der Waals surface area contributed by atoms with E-state index in [0.29, 0.717) is 5.92 Å². The summed E-state index contributed by atoms with van der Waals surface area (Å²) in [5.74, 6) is 0.501. The quantitative estimate of drug-likeness (QED) is 0.705. The molecule has 1 heterocycles. The number of hydrogen-bond acceptors (Lipinski definition) is 2. The molecule has 0 atom stereocenters. The number of rotatable bonds is 6. The van der Waals surface area contributed by atoms with E-state index in [1.54, 1.807) is 6.08 Å². The first-order valence-electron chi connectivity index (χ1n) is 6.23. The summed E-state index contributed by atoms with van der Waals surface area (Å²) in [5.41, 5.74) is 2.56. The van der Waals surface area contributed by atoms with Crippen molar-refractivity contribution in [2.45, 2.75) is 20.4 Å². The van der Waals surface area contributed by atoms with Crippen LogP contribution in [0.2, 0.25) is 0 Å². The van der Waals surface area contributed by atoms with Crippen molar-refractivity contribution < 1.29 is 0 Å². The van der Waals surface area contributed by atoms with E-state index < -0.39 is 0 Å². The van der Waals surface area contributed by atoms with Gasteiger partial charge in [-0.05, 0) is 29.2 Å². The summed E-state index contributed by atoms with van der Waals surface area (Å²) in [5, 5.41) is 0. The lowest BCUT2D eigenvalue weighted by Crippen LogP contribution is -2.12. The summed E-state index contributed by atoms with van der Waals surface area (Å²) in [6.07, 6.45) is 11.7. The van der Waals surface area contributed by atoms with Crippen LogP contribution < -0.4 is 0 Å². The van der Waals surface area contributed by atoms with Crippen molar-refractivity contribution in [2.75, 3.05) is 7.05 Å². The number of nitrogens with zero attached hydrogens (tertiary/aromatic N) is 2. The van der Waals surface area contributed by atoms with Crippen LogP contribution in [-0.4, -0.2) is 16.9 Å². The van der Waals surface area contributed by atoms with Crippen molar-refractivity contribution in [2.24, 2.45) is 5.92 Å². The van der Waals surface area contributed by atoms with Gasteiger partial charge in [-0.1, -0.05) is 38.7 Å². The highest BCUT2D eigenvalue weighted by atomic mass is 15.1. The lowest BCUT2D eigenvalue weighted by Gasteiger charge is -2.17. The summed E-state index contributed by atoms with van der Waals surface area (Å²) in [7, 11) is 2.09. The number of pyridine rings is 1. The zero-order chi connectivity index (χ0) is 13.4. The second-order valence-corrected chi connectivity index (χ2v) is 4.65. The molecule has 0 saturated heterocycles. The molecular weight excluding hydrogens is 220 g/mol. The minimum atomic E-state index is 0.501. The Bertz CT molecular complexity index is 416. The molecule has 0 fully saturated rings. The molecule has 0 aliphatic rings. The van der Waals surface area contributed by atoms with E-state index in [9.17, 15) is 0 Å². The molecule has 0 bridgehead atoms. The van der Waals surface area contributed by atoms with Crippen molar-refractivity contribution in [3.05, 3.63) is 66.7 Å². The molecule has 1 aromatic rings. The topological polar surface area (TPSA) is 16.1 Å². The smallest absolute Gasteiger partial charge is 0.0421 e. The Morgan fingerprint density at radius 1 is 1.39 bits per heavy atom. The Morgan fingerprint density at radius 2 is 2.06 bits per heavy atom. The lowest BCUT2D eigenvalue weighted by molar-refractivity contribution is 0.443. The second-order valence-electron chi connectivity index (χ2n) is 4.65. The number of allylic oxidation sites excluding steroid dienone is 4. The Morgan fingerprint density at radius 3 is 2.61 bits per heavy atom. The van der Waals surface area contributed by atoms with E-state index in [1.165, 1.54) is 11.1 Å². The van der Waals surface area contributed by atoms with Crippen LogP contribution in [0.1, 0.15) is 19.4 Å². The van der Waals surface area contributed by atoms with E-state index in [1.807, 2.05) is 30.6 Å². The van der Waals surface area contributed by atoms with Gasteiger partial charge in [0, 0.05) is 32.2 Å². The van der Waals surface area contributed by atoms with Crippen LogP contribution in [0.5, 0.6) is 0 Å². The standard InChI is InChI=1S/C16H22N2/c1-5-6-7-16(14(2)3)13-18(4)12-15-8-10-17-11-9-15/h5-11,13-14H,1,12H2,2-4H3/b7-6-,16-13+. The van der Waals surface area contributed by atoms with Crippen molar-refractivity contribution in [1.82, 2.24) is 9.88 Å². The van der Waals surface area contributed by atoms with Gasteiger partial charge in [-0.2, -0.15) is 0 Å². The number of aromatic nitrogens is 1. The van der Waals surface area contributed by atoms with Crippen molar-refractivity contribution in [3.8, 4) is 0 Å². The molecule has 1 aromatic heterocycles. The van der Waals surface area contributed by atoms with Crippen LogP contribution in [0, 0.1) is 5.92 Å². The summed E-state index contributed by atoms with van der Waals surface area (Å²) in [6, 6.07) is 4.08. The average molecular weight is 242 g/mol. The average Bonchev–Trinajstić information content (AvgIpc) is 2.35. The fourth-order valence-corrected chi connectivity index (χ4v) is 1.64. The molecule has 0 aliphatic carbocycles. The molecule has 0 saturated carbocycles. The van der Waals surface area contributed by atoms with Gasteiger partial charge in [0.05, 0.1) is 0 Å². The fourth-order valence-electron chi connectivity index (χ4n) is 1.64. The maximum absolute atomic E-state index is 4.03. The molecule has 96 valence electrons. The van der Waals surface area contributed by atoms with Crippen LogP contribution >= 0.6 is 0 Å². The zero-order valence-corrected chi connectivity index (χ0v) is 11.5. The molecule has 0 radical (unpaired) electrons. The minimum Gasteiger partial charge on any atom is -0.376 e. The molecular formula is C16H22N2. The Hall–Kier alpha value is -1.83. The van der Waals surface area contributed by atoms with Gasteiger partial charge in [0.25, 0.3) is 0 Å². The van der Waals surface area contributed by atoms with Gasteiger partial charge in [-0.15, -0.1) is 0 Å². The highest BCUT2D eigenvalue weighted by Crippen LogP contribution is 2.13. The normalized spacial score (nSPS) is 12.1. The van der Waals surface area contributed by atoms with Gasteiger partial charge < -0.3 is 4.90 Å². The number of hydrogen-bond donors (Lipinski definition) is 0. The molecule has 2 nitrogen and oxygen atoms in total. The maximum atomic E-state index is 4.03. The van der Waals surface area contributed by atoms with Crippen LogP contribution in [0.4, 0.5) is 0 Å². The second kappa shape index (κ2) is 7.49. The predicted molar refractivity (Wildman–Crippen MR) is 78.0 cm³/mol. The van der Waals surface area contributed by atoms with Crippen molar-refractivity contribution in [1.29, 1.82) is 0 Å². The van der Waals surface area contributed by atoms with Gasteiger partial charge in [0.1, 0.15) is 0 Å². The molecule has 18 heavy (non-hydrogen) atoms. The van der Waals surface area contributed by atoms with Crippen LogP contribution in [0.3, 0.4) is 0 Å². The molecule has 0 aliphatic heterocycles. The van der Waals surface area contributed by atoms with E-state index in [-0.39, 0.29) is 0 Å². The first-order valence-corrected chi connectivity index (χ1v) is 6.23. The van der Waals surface area contributed by atoms with Crippen LogP contribution in [-0.2, 0) is 6.54 Å². The van der Waals surface area contributed by atoms with E-state index >= 15 is 0 Å². The summed E-state index contributed by atoms with van der Waals surface area (Å²) in [6.45, 7) is 8.98. The summed E-state index contributed by atoms with van der Waals surface area (Å²) in [4.78, 5) is 6.22. The molecule has 2 heteroatoms. The van der Waals surface area contributed by atoms with E-state index in [2.05, 4.69) is 49.6 Å². The molecule has 0 aromatic carbocycles. The molecule has 0 N–H and O–H groups in total. The third-order valence-corrected chi connectivity index (χ3v) is 2.64. The van der Waals surface area contributed by atoms with Gasteiger partial charge >= 0.3 is 0 Å². The minimum absolute atomic E-state index is 0.501. The first kappa shape index (κ1) is 14.2. The van der Waals surface area contributed by atoms with Gasteiger partial charge in [0.15, 0.2) is 0 Å². The maximum Gasteiger partial charge on any atom is 0.0421 e. The summed E-state index contributed by atoms with van der Waals surface area (Å²) >= 11 is 0. The lowest BCUT2D eigenvalue weighted by atomic mass is 10.0. The molecule has 0 amide bonds. The summed E-state index contributed by atoms with van der Waals surface area (Å²) < 4.78 is 0. The van der Waals surface area contributed by atoms with Crippen molar-refractivity contribution in [3.63, 3.8) is 0 Å². The Labute approximate surface area is 110 Å². The third kappa shape index (κ3) is 5.00. The SMILES string of the molecule is C=C/C=C\C(=C/N(C)Cc1ccncc1)C(C)C. The first-order chi connectivity index (χ1) is 8.63.